The predicted molar refractivity (Wildman–Crippen MR) is 71.8 cm³/mol. The molecule has 1 saturated carbocycles. The van der Waals surface area contributed by atoms with Crippen LogP contribution in [-0.2, 0) is 0 Å². The van der Waals surface area contributed by atoms with Crippen LogP contribution in [0, 0.1) is 5.41 Å². The number of hydrogen-bond acceptors (Lipinski definition) is 3. The average molecular weight is 242 g/mol. The van der Waals surface area contributed by atoms with Crippen molar-refractivity contribution in [1.29, 1.82) is 0 Å². The van der Waals surface area contributed by atoms with E-state index in [1.807, 2.05) is 18.3 Å². The van der Waals surface area contributed by atoms with Gasteiger partial charge in [-0.25, -0.2) is 4.68 Å². The molecule has 0 bridgehead atoms. The van der Waals surface area contributed by atoms with Gasteiger partial charge in [-0.3, -0.25) is 0 Å². The number of anilines is 1. The van der Waals surface area contributed by atoms with E-state index in [1.165, 1.54) is 12.8 Å². The second kappa shape index (κ2) is 4.12. The van der Waals surface area contributed by atoms with Crippen molar-refractivity contribution in [3.63, 3.8) is 0 Å². The van der Waals surface area contributed by atoms with E-state index in [0.717, 1.165) is 11.4 Å². The van der Waals surface area contributed by atoms with Crippen LogP contribution in [-0.4, -0.2) is 21.0 Å². The third-order valence-electron chi connectivity index (χ3n) is 4.03. The molecule has 4 heteroatoms. The van der Waals surface area contributed by atoms with Crippen molar-refractivity contribution in [2.45, 2.75) is 32.7 Å². The number of rotatable bonds is 4. The van der Waals surface area contributed by atoms with Gasteiger partial charge < -0.3 is 5.32 Å². The van der Waals surface area contributed by atoms with Crippen LogP contribution in [0.3, 0.4) is 0 Å². The Hall–Kier alpha value is -1.84. The lowest BCUT2D eigenvalue weighted by Gasteiger charge is -2.23. The summed E-state index contributed by atoms with van der Waals surface area (Å²) in [5, 5.41) is 11.5. The van der Waals surface area contributed by atoms with Gasteiger partial charge in [0.1, 0.15) is 0 Å². The molecule has 1 heterocycles. The largest absolute Gasteiger partial charge is 0.380 e. The maximum absolute atomic E-state index is 4.06. The van der Waals surface area contributed by atoms with Crippen molar-refractivity contribution in [3.8, 4) is 5.69 Å². The Bertz CT molecular complexity index is 528. The minimum atomic E-state index is 0.454. The van der Waals surface area contributed by atoms with Gasteiger partial charge in [0, 0.05) is 6.04 Å². The number of nitrogens with one attached hydrogen (secondary N) is 1. The van der Waals surface area contributed by atoms with Crippen LogP contribution in [0.4, 0.5) is 5.69 Å². The highest BCUT2D eigenvalue weighted by molar-refractivity contribution is 5.61. The van der Waals surface area contributed by atoms with Gasteiger partial charge >= 0.3 is 0 Å². The quantitative estimate of drug-likeness (QED) is 0.896. The fraction of sp³-hybridized carbons (Fsp3) is 0.429. The van der Waals surface area contributed by atoms with Crippen LogP contribution < -0.4 is 5.32 Å². The predicted octanol–water partition coefficient (Wildman–Crippen LogP) is 2.87. The van der Waals surface area contributed by atoms with Crippen molar-refractivity contribution in [2.75, 3.05) is 5.32 Å². The van der Waals surface area contributed by atoms with E-state index < -0.39 is 0 Å². The standard InChI is InChI=1S/C14H18N4/c1-11(14(2)7-8-14)16-12-5-3-4-6-13(12)18-10-9-15-17-18/h3-6,9-11,16H,7-8H2,1-2H3. The lowest BCUT2D eigenvalue weighted by atomic mass is 10.0. The van der Waals surface area contributed by atoms with Crippen LogP contribution in [0.15, 0.2) is 36.7 Å². The fourth-order valence-electron chi connectivity index (χ4n) is 2.17. The molecule has 4 nitrogen and oxygen atoms in total. The molecule has 1 fully saturated rings. The van der Waals surface area contributed by atoms with E-state index in [1.54, 1.807) is 10.9 Å². The third kappa shape index (κ3) is 1.98. The van der Waals surface area contributed by atoms with Crippen LogP contribution in [0.25, 0.3) is 5.69 Å². The zero-order valence-corrected chi connectivity index (χ0v) is 10.8. The van der Waals surface area contributed by atoms with E-state index in [9.17, 15) is 0 Å². The average Bonchev–Trinajstić information content (AvgIpc) is 2.93. The molecule has 1 aliphatic rings. The molecule has 0 radical (unpaired) electrons. The SMILES string of the molecule is CC(Nc1ccccc1-n1ccnn1)C1(C)CC1. The molecule has 1 aromatic carbocycles. The molecule has 3 rings (SSSR count). The molecule has 1 atom stereocenters. The molecule has 0 aliphatic heterocycles. The topological polar surface area (TPSA) is 42.7 Å². The molecule has 1 N–H and O–H groups in total. The highest BCUT2D eigenvalue weighted by atomic mass is 15.4. The summed E-state index contributed by atoms with van der Waals surface area (Å²) >= 11 is 0. The first-order valence-electron chi connectivity index (χ1n) is 6.41. The van der Waals surface area contributed by atoms with Gasteiger partial charge in [-0.15, -0.1) is 5.10 Å². The molecule has 0 saturated heterocycles. The lowest BCUT2D eigenvalue weighted by Crippen LogP contribution is -2.25. The normalized spacial score (nSPS) is 18.3. The monoisotopic (exact) mass is 242 g/mol. The molecule has 0 amide bonds. The Labute approximate surface area is 107 Å². The van der Waals surface area contributed by atoms with Gasteiger partial charge in [-0.05, 0) is 37.3 Å². The summed E-state index contributed by atoms with van der Waals surface area (Å²) in [5.41, 5.74) is 2.62. The van der Waals surface area contributed by atoms with Crippen LogP contribution >= 0.6 is 0 Å². The van der Waals surface area contributed by atoms with Crippen molar-refractivity contribution in [3.05, 3.63) is 36.7 Å². The van der Waals surface area contributed by atoms with E-state index in [4.69, 9.17) is 0 Å². The number of aromatic nitrogens is 3. The van der Waals surface area contributed by atoms with Crippen LogP contribution in [0.2, 0.25) is 0 Å². The molecule has 2 aromatic rings. The van der Waals surface area contributed by atoms with Crippen molar-refractivity contribution in [2.24, 2.45) is 5.41 Å². The van der Waals surface area contributed by atoms with E-state index >= 15 is 0 Å². The summed E-state index contributed by atoms with van der Waals surface area (Å²) in [4.78, 5) is 0. The molecule has 18 heavy (non-hydrogen) atoms. The minimum Gasteiger partial charge on any atom is -0.380 e. The summed E-state index contributed by atoms with van der Waals surface area (Å²) < 4.78 is 1.80. The highest BCUT2D eigenvalue weighted by Crippen LogP contribution is 2.49. The molecule has 1 unspecified atom stereocenters. The van der Waals surface area contributed by atoms with Crippen molar-refractivity contribution >= 4 is 5.69 Å². The van der Waals surface area contributed by atoms with Crippen molar-refractivity contribution < 1.29 is 0 Å². The lowest BCUT2D eigenvalue weighted by molar-refractivity contribution is 0.493. The van der Waals surface area contributed by atoms with E-state index in [-0.39, 0.29) is 0 Å². The summed E-state index contributed by atoms with van der Waals surface area (Å²) in [7, 11) is 0. The number of nitrogens with zero attached hydrogens (tertiary/aromatic N) is 3. The Morgan fingerprint density at radius 1 is 1.33 bits per heavy atom. The summed E-state index contributed by atoms with van der Waals surface area (Å²) in [6.45, 7) is 4.59. The smallest absolute Gasteiger partial charge is 0.0894 e. The van der Waals surface area contributed by atoms with Gasteiger partial charge in [0.15, 0.2) is 0 Å². The highest BCUT2D eigenvalue weighted by Gasteiger charge is 2.42. The third-order valence-corrected chi connectivity index (χ3v) is 4.03. The van der Waals surface area contributed by atoms with Gasteiger partial charge in [0.25, 0.3) is 0 Å². The fourth-order valence-corrected chi connectivity index (χ4v) is 2.17. The van der Waals surface area contributed by atoms with Gasteiger partial charge in [-0.2, -0.15) is 0 Å². The summed E-state index contributed by atoms with van der Waals surface area (Å²) in [5.74, 6) is 0. The second-order valence-electron chi connectivity index (χ2n) is 5.38. The second-order valence-corrected chi connectivity index (χ2v) is 5.38. The first kappa shape index (κ1) is 11.3. The Morgan fingerprint density at radius 3 is 2.78 bits per heavy atom. The molecule has 1 aromatic heterocycles. The van der Waals surface area contributed by atoms with Gasteiger partial charge in [0.2, 0.25) is 0 Å². The minimum absolute atomic E-state index is 0.454. The molecule has 94 valence electrons. The van der Waals surface area contributed by atoms with Crippen LogP contribution in [0.5, 0.6) is 0 Å². The number of benzene rings is 1. The van der Waals surface area contributed by atoms with Gasteiger partial charge in [0.05, 0.1) is 23.8 Å². The van der Waals surface area contributed by atoms with E-state index in [0.29, 0.717) is 11.5 Å². The molecule has 1 aliphatic carbocycles. The Kier molecular flexibility index (Phi) is 2.58. The van der Waals surface area contributed by atoms with Gasteiger partial charge in [-0.1, -0.05) is 24.3 Å². The Balaban J connectivity index is 1.88. The van der Waals surface area contributed by atoms with Crippen molar-refractivity contribution in [1.82, 2.24) is 15.0 Å². The maximum Gasteiger partial charge on any atom is 0.0894 e. The molecular weight excluding hydrogens is 224 g/mol. The maximum atomic E-state index is 4.06. The number of para-hydroxylation sites is 2. The van der Waals surface area contributed by atoms with Crippen LogP contribution in [0.1, 0.15) is 26.7 Å². The Morgan fingerprint density at radius 2 is 2.11 bits per heavy atom. The molecule has 0 spiro atoms. The zero-order valence-electron chi connectivity index (χ0n) is 10.8. The first-order valence-corrected chi connectivity index (χ1v) is 6.41. The van der Waals surface area contributed by atoms with E-state index in [2.05, 4.69) is 41.6 Å². The summed E-state index contributed by atoms with van der Waals surface area (Å²) in [6, 6.07) is 8.69. The zero-order chi connectivity index (χ0) is 12.6. The number of hydrogen-bond donors (Lipinski definition) is 1. The first-order chi connectivity index (χ1) is 8.69. The summed E-state index contributed by atoms with van der Waals surface area (Å²) in [6.07, 6.45) is 6.19. The molecular formula is C14H18N4.